The molecule has 7 nitrogen and oxygen atoms in total. The van der Waals surface area contributed by atoms with E-state index in [0.29, 0.717) is 4.90 Å². The number of ether oxygens (including phenoxy) is 1. The van der Waals surface area contributed by atoms with Gasteiger partial charge in [-0.3, -0.25) is 14.4 Å². The summed E-state index contributed by atoms with van der Waals surface area (Å²) >= 11 is 1.15. The van der Waals surface area contributed by atoms with E-state index < -0.39 is 39.2 Å². The molecule has 0 unspecified atom stereocenters. The Kier molecular flexibility index (Phi) is 4.89. The lowest BCUT2D eigenvalue weighted by atomic mass is 9.68. The second kappa shape index (κ2) is 7.13. The Hall–Kier alpha value is -3.26. The number of allylic oxidation sites excluding steroid dienone is 1. The van der Waals surface area contributed by atoms with Crippen molar-refractivity contribution in [3.8, 4) is 17.2 Å². The van der Waals surface area contributed by atoms with Gasteiger partial charge in [-0.15, -0.1) is 0 Å². The van der Waals surface area contributed by atoms with Crippen molar-refractivity contribution in [2.45, 2.75) is 49.4 Å². The van der Waals surface area contributed by atoms with E-state index >= 15 is 0 Å². The molecule has 2 aromatic rings. The molecule has 0 bridgehead atoms. The smallest absolute Gasteiger partial charge is 0.183 e. The van der Waals surface area contributed by atoms with Crippen LogP contribution in [0.15, 0.2) is 46.6 Å². The van der Waals surface area contributed by atoms with Gasteiger partial charge in [0, 0.05) is 10.5 Å². The molecular weight excluding hydrogens is 432 g/mol. The first-order chi connectivity index (χ1) is 15.0. The van der Waals surface area contributed by atoms with Gasteiger partial charge in [-0.2, -0.15) is 0 Å². The molecule has 0 fully saturated rings. The highest BCUT2D eigenvalue weighted by Gasteiger charge is 2.67. The van der Waals surface area contributed by atoms with Gasteiger partial charge < -0.3 is 20.1 Å². The lowest BCUT2D eigenvalue weighted by Gasteiger charge is -2.44. The molecule has 2 aromatic carbocycles. The van der Waals surface area contributed by atoms with E-state index in [0.717, 1.165) is 11.8 Å². The molecule has 1 aliphatic carbocycles. The molecule has 1 heterocycles. The van der Waals surface area contributed by atoms with E-state index in [-0.39, 0.29) is 40.2 Å². The molecule has 4 rings (SSSR count). The highest BCUT2D eigenvalue weighted by atomic mass is 32.2. The summed E-state index contributed by atoms with van der Waals surface area (Å²) in [6.45, 7) is 5.44. The monoisotopic (exact) mass is 454 g/mol. The molecule has 0 radical (unpaired) electrons. The second-order valence-electron chi connectivity index (χ2n) is 8.23. The van der Waals surface area contributed by atoms with Gasteiger partial charge >= 0.3 is 0 Å². The Bertz CT molecular complexity index is 1230. The van der Waals surface area contributed by atoms with Crippen molar-refractivity contribution in [3.05, 3.63) is 58.4 Å². The predicted octanol–water partition coefficient (Wildman–Crippen LogP) is 4.12. The van der Waals surface area contributed by atoms with Crippen LogP contribution in [0.4, 0.5) is 0 Å². The third kappa shape index (κ3) is 2.72. The predicted molar refractivity (Wildman–Crippen MR) is 117 cm³/mol. The Morgan fingerprint density at radius 3 is 2.22 bits per heavy atom. The van der Waals surface area contributed by atoms with Gasteiger partial charge in [0.2, 0.25) is 0 Å². The van der Waals surface area contributed by atoms with Crippen molar-refractivity contribution >= 4 is 29.1 Å². The van der Waals surface area contributed by atoms with E-state index in [1.165, 1.54) is 20.8 Å². The maximum Gasteiger partial charge on any atom is 0.183 e. The number of phenolic OH excluding ortho intramolecular Hbond substituents is 2. The number of Topliss-reactive ketones (excluding diaryl/α,β-unsaturated/α-hetero) is 3. The fourth-order valence-corrected chi connectivity index (χ4v) is 5.98. The van der Waals surface area contributed by atoms with E-state index in [2.05, 4.69) is 0 Å². The van der Waals surface area contributed by atoms with E-state index in [1.54, 1.807) is 31.2 Å². The molecule has 2 atom stereocenters. The van der Waals surface area contributed by atoms with Crippen LogP contribution >= 0.6 is 11.8 Å². The zero-order chi connectivity index (χ0) is 23.6. The third-order valence-corrected chi connectivity index (χ3v) is 7.75. The van der Waals surface area contributed by atoms with Crippen LogP contribution in [0, 0.1) is 6.92 Å². The fourth-order valence-electron chi connectivity index (χ4n) is 4.57. The minimum absolute atomic E-state index is 0.0355. The van der Waals surface area contributed by atoms with Gasteiger partial charge in [0.15, 0.2) is 22.3 Å². The summed E-state index contributed by atoms with van der Waals surface area (Å²) in [4.78, 5) is 36.9. The number of fused-ring (bicyclic) bond motifs is 3. The second-order valence-corrected chi connectivity index (χ2v) is 9.57. The molecule has 0 aromatic heterocycles. The molecule has 3 N–H and O–H groups in total. The normalized spacial score (nSPS) is 24.1. The van der Waals surface area contributed by atoms with Gasteiger partial charge in [0.25, 0.3) is 0 Å². The lowest BCUT2D eigenvalue weighted by Crippen LogP contribution is -2.54. The maximum atomic E-state index is 13.0. The van der Waals surface area contributed by atoms with Crippen molar-refractivity contribution in [1.29, 1.82) is 0 Å². The first kappa shape index (κ1) is 22.0. The van der Waals surface area contributed by atoms with Gasteiger partial charge in [-0.05, 0) is 39.8 Å². The number of thioether (sulfide) groups is 1. The highest BCUT2D eigenvalue weighted by molar-refractivity contribution is 8.00. The quantitative estimate of drug-likeness (QED) is 0.466. The van der Waals surface area contributed by atoms with Crippen molar-refractivity contribution in [1.82, 2.24) is 0 Å². The Morgan fingerprint density at radius 1 is 1.03 bits per heavy atom. The summed E-state index contributed by atoms with van der Waals surface area (Å²) in [5, 5.41) is 33.0. The number of benzene rings is 2. The minimum atomic E-state index is -1.56. The number of hydrogen-bond donors (Lipinski definition) is 3. The van der Waals surface area contributed by atoms with Crippen molar-refractivity contribution in [2.24, 2.45) is 0 Å². The summed E-state index contributed by atoms with van der Waals surface area (Å²) in [5.41, 5.74) is -1.98. The highest BCUT2D eigenvalue weighted by Crippen LogP contribution is 2.66. The Morgan fingerprint density at radius 2 is 1.66 bits per heavy atom. The van der Waals surface area contributed by atoms with Crippen LogP contribution in [0.5, 0.6) is 17.2 Å². The summed E-state index contributed by atoms with van der Waals surface area (Å²) in [5.74, 6) is -3.16. The third-order valence-electron chi connectivity index (χ3n) is 6.28. The number of aliphatic hydroxyl groups excluding tert-OH is 1. The number of ketones is 3. The zero-order valence-corrected chi connectivity index (χ0v) is 18.8. The average Bonchev–Trinajstić information content (AvgIpc) is 2.96. The van der Waals surface area contributed by atoms with Gasteiger partial charge in [0.05, 0.1) is 17.6 Å². The number of carbonyl (C=O) groups is 3. The van der Waals surface area contributed by atoms with Crippen LogP contribution in [0.2, 0.25) is 0 Å². The van der Waals surface area contributed by atoms with Crippen LogP contribution in [0.1, 0.15) is 48.7 Å². The summed E-state index contributed by atoms with van der Waals surface area (Å²) in [6, 6.07) is 9.02. The van der Waals surface area contributed by atoms with Crippen LogP contribution in [-0.4, -0.2) is 37.6 Å². The SMILES string of the molecule is CC(=O)C1=C(O)[C@]2(C)c3c(O)c(C)c(O)c(C(C)=O)c3O[C@@]2(Sc2ccccc2)CC1=O. The van der Waals surface area contributed by atoms with E-state index in [9.17, 15) is 29.7 Å². The van der Waals surface area contributed by atoms with Crippen LogP contribution in [0.3, 0.4) is 0 Å². The molecule has 166 valence electrons. The molecule has 2 aliphatic rings. The standard InChI is InChI=1S/C24H22O7S/c1-11-19(28)17(13(3)26)21-18(20(11)29)23(4)22(30)16(12(2)25)15(27)10-24(23,31-21)32-14-8-6-5-7-9-14/h5-9,28-30H,10H2,1-4H3/t23-,24+/m0/s1. The van der Waals surface area contributed by atoms with Crippen molar-refractivity contribution < 1.29 is 34.4 Å². The van der Waals surface area contributed by atoms with Crippen LogP contribution in [0.25, 0.3) is 0 Å². The number of carbonyl (C=O) groups excluding carboxylic acids is 3. The van der Waals surface area contributed by atoms with Gasteiger partial charge in [-0.1, -0.05) is 30.0 Å². The number of rotatable bonds is 4. The minimum Gasteiger partial charge on any atom is -0.510 e. The van der Waals surface area contributed by atoms with Crippen molar-refractivity contribution in [3.63, 3.8) is 0 Å². The average molecular weight is 455 g/mol. The van der Waals surface area contributed by atoms with Gasteiger partial charge in [-0.25, -0.2) is 0 Å². The molecular formula is C24H22O7S. The number of aromatic hydroxyl groups is 2. The van der Waals surface area contributed by atoms with E-state index in [1.807, 2.05) is 6.07 Å². The van der Waals surface area contributed by atoms with Crippen molar-refractivity contribution in [2.75, 3.05) is 0 Å². The number of aliphatic hydroxyl groups is 1. The summed E-state index contributed by atoms with van der Waals surface area (Å²) in [7, 11) is 0. The van der Waals surface area contributed by atoms with Crippen LogP contribution in [-0.2, 0) is 15.0 Å². The number of hydrogen-bond acceptors (Lipinski definition) is 8. The molecule has 1 aliphatic heterocycles. The molecule has 0 saturated heterocycles. The topological polar surface area (TPSA) is 121 Å². The molecule has 0 saturated carbocycles. The maximum absolute atomic E-state index is 13.0. The lowest BCUT2D eigenvalue weighted by molar-refractivity contribution is -0.124. The van der Waals surface area contributed by atoms with E-state index in [4.69, 9.17) is 4.74 Å². The zero-order valence-electron chi connectivity index (χ0n) is 18.0. The Balaban J connectivity index is 2.12. The molecule has 8 heteroatoms. The first-order valence-electron chi connectivity index (χ1n) is 9.97. The fraction of sp³-hybridized carbons (Fsp3) is 0.292. The Labute approximate surface area is 188 Å². The van der Waals surface area contributed by atoms with Crippen LogP contribution < -0.4 is 4.74 Å². The number of phenols is 2. The summed E-state index contributed by atoms with van der Waals surface area (Å²) in [6.07, 6.45) is -0.298. The molecule has 0 spiro atoms. The molecule has 32 heavy (non-hydrogen) atoms. The summed E-state index contributed by atoms with van der Waals surface area (Å²) < 4.78 is 6.28. The first-order valence-corrected chi connectivity index (χ1v) is 10.8. The van der Waals surface area contributed by atoms with Gasteiger partial charge in [0.1, 0.15) is 34.0 Å². The largest absolute Gasteiger partial charge is 0.510 e. The molecule has 0 amide bonds.